The summed E-state index contributed by atoms with van der Waals surface area (Å²) in [5.41, 5.74) is 14.1. The second kappa shape index (κ2) is 15.7. The second-order valence-corrected chi connectivity index (χ2v) is 12.7. The Morgan fingerprint density at radius 1 is 0.404 bits per heavy atom. The van der Waals surface area contributed by atoms with Gasteiger partial charge in [0.25, 0.3) is 0 Å². The lowest BCUT2D eigenvalue weighted by Gasteiger charge is -2.29. The highest BCUT2D eigenvalue weighted by Crippen LogP contribution is 2.29. The molecule has 0 atom stereocenters. The van der Waals surface area contributed by atoms with Crippen LogP contribution in [0.15, 0.2) is 24.8 Å². The second-order valence-electron chi connectivity index (χ2n) is 12.7. The minimum Gasteiger partial charge on any atom is -0.496 e. The third-order valence-electron chi connectivity index (χ3n) is 9.48. The van der Waals surface area contributed by atoms with Gasteiger partial charge in [-0.15, -0.1) is 0 Å². The molecule has 9 nitrogen and oxygen atoms in total. The van der Waals surface area contributed by atoms with E-state index in [1.165, 1.54) is 16.7 Å². The van der Waals surface area contributed by atoms with E-state index in [-0.39, 0.29) is 0 Å². The molecule has 4 heterocycles. The first-order valence-electron chi connectivity index (χ1n) is 16.2. The number of nitrogens with zero attached hydrogens (tertiary/aromatic N) is 6. The van der Waals surface area contributed by atoms with Gasteiger partial charge < -0.3 is 14.2 Å². The van der Waals surface area contributed by atoms with Crippen molar-refractivity contribution in [3.05, 3.63) is 97.6 Å². The van der Waals surface area contributed by atoms with E-state index in [9.17, 15) is 0 Å². The largest absolute Gasteiger partial charge is 0.496 e. The average molecular weight is 641 g/mol. The van der Waals surface area contributed by atoms with Crippen LogP contribution in [0.5, 0.6) is 17.2 Å². The lowest BCUT2D eigenvalue weighted by Crippen LogP contribution is -2.35. The molecule has 0 N–H and O–H groups in total. The Hall–Kier alpha value is -4.08. The minimum atomic E-state index is 0.643. The molecule has 4 aromatic rings. The monoisotopic (exact) mass is 640 g/mol. The van der Waals surface area contributed by atoms with Gasteiger partial charge >= 0.3 is 0 Å². The van der Waals surface area contributed by atoms with Gasteiger partial charge in [-0.05, 0) is 79.0 Å². The summed E-state index contributed by atoms with van der Waals surface area (Å²) in [4.78, 5) is 24.3. The van der Waals surface area contributed by atoms with Gasteiger partial charge in [-0.1, -0.05) is 0 Å². The van der Waals surface area contributed by atoms with Crippen molar-refractivity contribution in [2.24, 2.45) is 0 Å². The zero-order valence-electron chi connectivity index (χ0n) is 30.5. The van der Waals surface area contributed by atoms with Gasteiger partial charge in [0.2, 0.25) is 0 Å². The Bertz CT molecular complexity index is 1660. The summed E-state index contributed by atoms with van der Waals surface area (Å²) in [6.07, 6.45) is 7.69. The fourth-order valence-corrected chi connectivity index (χ4v) is 6.29. The van der Waals surface area contributed by atoms with Crippen LogP contribution >= 0.6 is 0 Å². The van der Waals surface area contributed by atoms with Gasteiger partial charge in [0.15, 0.2) is 0 Å². The zero-order valence-corrected chi connectivity index (χ0v) is 30.5. The van der Waals surface area contributed by atoms with Crippen LogP contribution in [0.2, 0.25) is 0 Å². The average Bonchev–Trinajstić information content (AvgIpc) is 3.04. The molecule has 47 heavy (non-hydrogen) atoms. The van der Waals surface area contributed by atoms with Gasteiger partial charge in [0, 0.05) is 97.4 Å². The van der Waals surface area contributed by atoms with E-state index in [1.54, 1.807) is 21.3 Å². The SMILES string of the molecule is COc1c(C)cnc(CN(CCN(Cc2ncc(C)c(OC)c2C)Cc2ncc(C)c(OC)c2C)Cc2ncc(C)c(C)c2C)c1C. The van der Waals surface area contributed by atoms with Crippen LogP contribution in [0.25, 0.3) is 0 Å². The molecule has 0 amide bonds. The third kappa shape index (κ3) is 8.08. The van der Waals surface area contributed by atoms with Crippen molar-refractivity contribution in [3.63, 3.8) is 0 Å². The summed E-state index contributed by atoms with van der Waals surface area (Å²) in [6.45, 7) is 23.0. The fraction of sp³-hybridized carbons (Fsp3) is 0.474. The molecule has 4 aromatic heterocycles. The predicted octanol–water partition coefficient (Wildman–Crippen LogP) is 6.77. The molecule has 0 unspecified atom stereocenters. The van der Waals surface area contributed by atoms with Gasteiger partial charge in [-0.2, -0.15) is 0 Å². The number of rotatable bonds is 14. The molecule has 0 radical (unpaired) electrons. The van der Waals surface area contributed by atoms with Crippen LogP contribution in [0.3, 0.4) is 0 Å². The number of aromatic nitrogens is 4. The summed E-state index contributed by atoms with van der Waals surface area (Å²) in [5, 5.41) is 0. The first-order valence-corrected chi connectivity index (χ1v) is 16.2. The van der Waals surface area contributed by atoms with Crippen molar-refractivity contribution >= 4 is 0 Å². The van der Waals surface area contributed by atoms with Gasteiger partial charge in [0.1, 0.15) is 17.2 Å². The quantitative estimate of drug-likeness (QED) is 0.148. The molecular formula is C38H52N6O3. The van der Waals surface area contributed by atoms with Crippen LogP contribution < -0.4 is 14.2 Å². The summed E-state index contributed by atoms with van der Waals surface area (Å²) < 4.78 is 17.3. The van der Waals surface area contributed by atoms with E-state index in [0.29, 0.717) is 26.2 Å². The van der Waals surface area contributed by atoms with E-state index >= 15 is 0 Å². The first kappa shape index (κ1) is 35.8. The van der Waals surface area contributed by atoms with Crippen LogP contribution in [-0.4, -0.2) is 64.2 Å². The van der Waals surface area contributed by atoms with Crippen LogP contribution in [0, 0.1) is 62.3 Å². The Balaban J connectivity index is 1.71. The molecule has 4 rings (SSSR count). The van der Waals surface area contributed by atoms with E-state index in [2.05, 4.69) is 51.3 Å². The maximum absolute atomic E-state index is 5.76. The molecule has 9 heteroatoms. The van der Waals surface area contributed by atoms with Gasteiger partial charge in [-0.3, -0.25) is 29.7 Å². The minimum absolute atomic E-state index is 0.643. The maximum Gasteiger partial charge on any atom is 0.128 e. The molecule has 0 aliphatic rings. The van der Waals surface area contributed by atoms with Crippen LogP contribution in [0.4, 0.5) is 0 Å². The lowest BCUT2D eigenvalue weighted by molar-refractivity contribution is 0.176. The molecule has 0 spiro atoms. The van der Waals surface area contributed by atoms with Gasteiger partial charge in [-0.25, -0.2) is 0 Å². The highest BCUT2D eigenvalue weighted by atomic mass is 16.5. The Kier molecular flexibility index (Phi) is 11.9. The Morgan fingerprint density at radius 2 is 0.681 bits per heavy atom. The number of pyridine rings is 4. The first-order chi connectivity index (χ1) is 22.4. The van der Waals surface area contributed by atoms with Crippen molar-refractivity contribution < 1.29 is 14.2 Å². The molecule has 0 saturated carbocycles. The molecule has 252 valence electrons. The highest BCUT2D eigenvalue weighted by Gasteiger charge is 2.21. The molecule has 0 bridgehead atoms. The number of aryl methyl sites for hydroxylation is 4. The maximum atomic E-state index is 5.76. The van der Waals surface area contributed by atoms with E-state index in [4.69, 9.17) is 34.1 Å². The van der Waals surface area contributed by atoms with Crippen LogP contribution in [-0.2, 0) is 26.2 Å². The van der Waals surface area contributed by atoms with Crippen molar-refractivity contribution in [1.82, 2.24) is 29.7 Å². The van der Waals surface area contributed by atoms with Gasteiger partial charge in [0.05, 0.1) is 44.1 Å². The van der Waals surface area contributed by atoms with Crippen molar-refractivity contribution in [3.8, 4) is 17.2 Å². The normalized spacial score (nSPS) is 11.4. The third-order valence-corrected chi connectivity index (χ3v) is 9.48. The summed E-state index contributed by atoms with van der Waals surface area (Å²) >= 11 is 0. The number of methoxy groups -OCH3 is 3. The highest BCUT2D eigenvalue weighted by molar-refractivity contribution is 5.43. The number of hydrogen-bond acceptors (Lipinski definition) is 9. The Labute approximate surface area is 281 Å². The topological polar surface area (TPSA) is 85.7 Å². The standard InChI is InChI=1S/C38H52N6O3/c1-23-15-39-32(28(6)27(23)5)19-43(20-33-29(7)36(45-10)24(2)16-40-33)13-14-44(21-34-30(8)37(46-11)25(3)17-41-34)22-35-31(9)38(47-12)26(4)18-42-35/h15-18H,13-14,19-22H2,1-12H3. The van der Waals surface area contributed by atoms with Crippen molar-refractivity contribution in [1.29, 1.82) is 0 Å². The fourth-order valence-electron chi connectivity index (χ4n) is 6.29. The molecular weight excluding hydrogens is 588 g/mol. The smallest absolute Gasteiger partial charge is 0.128 e. The van der Waals surface area contributed by atoms with E-state index in [0.717, 1.165) is 86.5 Å². The number of ether oxygens (including phenoxy) is 3. The summed E-state index contributed by atoms with van der Waals surface area (Å²) in [6, 6.07) is 0. The van der Waals surface area contributed by atoms with Crippen LogP contribution in [0.1, 0.15) is 72.8 Å². The molecule has 0 aliphatic heterocycles. The molecule has 0 fully saturated rings. The molecule has 0 aromatic carbocycles. The van der Waals surface area contributed by atoms with Crippen molar-refractivity contribution in [2.45, 2.75) is 88.5 Å². The summed E-state index contributed by atoms with van der Waals surface area (Å²) in [7, 11) is 5.17. The zero-order chi connectivity index (χ0) is 34.4. The van der Waals surface area contributed by atoms with Crippen molar-refractivity contribution in [2.75, 3.05) is 34.4 Å². The Morgan fingerprint density at radius 3 is 0.979 bits per heavy atom. The molecule has 0 saturated heterocycles. The summed E-state index contributed by atoms with van der Waals surface area (Å²) in [5.74, 6) is 2.66. The number of hydrogen-bond donors (Lipinski definition) is 0. The van der Waals surface area contributed by atoms with E-state index in [1.807, 2.05) is 45.6 Å². The lowest BCUT2D eigenvalue weighted by atomic mass is 10.0. The predicted molar refractivity (Wildman–Crippen MR) is 187 cm³/mol. The molecule has 0 aliphatic carbocycles. The van der Waals surface area contributed by atoms with E-state index < -0.39 is 0 Å².